The van der Waals surface area contributed by atoms with Crippen LogP contribution in [0.5, 0.6) is 0 Å². The summed E-state index contributed by atoms with van der Waals surface area (Å²) in [6, 6.07) is 4.12. The van der Waals surface area contributed by atoms with E-state index in [-0.39, 0.29) is 0 Å². The van der Waals surface area contributed by atoms with E-state index in [1.54, 1.807) is 22.7 Å². The van der Waals surface area contributed by atoms with Crippen LogP contribution in [0.3, 0.4) is 0 Å². The molecule has 0 aliphatic heterocycles. The van der Waals surface area contributed by atoms with Gasteiger partial charge in [-0.1, -0.05) is 0 Å². The second-order valence-electron chi connectivity index (χ2n) is 3.18. The second kappa shape index (κ2) is 6.35. The lowest BCUT2D eigenvalue weighted by Crippen LogP contribution is -1.88. The highest BCUT2D eigenvalue weighted by atomic mass is 32.1. The molecule has 2 rings (SSSR count). The maximum atomic E-state index is 4.30. The van der Waals surface area contributed by atoms with Crippen LogP contribution >= 0.6 is 22.7 Å². The van der Waals surface area contributed by atoms with Crippen LogP contribution in [-0.4, -0.2) is 25.5 Å². The summed E-state index contributed by atoms with van der Waals surface area (Å²) in [5.74, 6) is 0. The van der Waals surface area contributed by atoms with Crippen LogP contribution in [0.25, 0.3) is 0 Å². The van der Waals surface area contributed by atoms with E-state index in [2.05, 4.69) is 43.6 Å². The van der Waals surface area contributed by atoms with Gasteiger partial charge in [0.25, 0.3) is 0 Å². The van der Waals surface area contributed by atoms with Crippen molar-refractivity contribution in [3.63, 3.8) is 0 Å². The zero-order chi connectivity index (χ0) is 11.1. The van der Waals surface area contributed by atoms with Gasteiger partial charge in [0.2, 0.25) is 0 Å². The highest BCUT2D eigenvalue weighted by Gasteiger charge is 1.86. The van der Waals surface area contributed by atoms with E-state index < -0.39 is 0 Å². The van der Waals surface area contributed by atoms with E-state index in [4.69, 9.17) is 0 Å². The molecule has 0 fully saturated rings. The zero-order valence-electron chi connectivity index (χ0n) is 8.74. The van der Waals surface area contributed by atoms with Crippen molar-refractivity contribution in [3.05, 3.63) is 44.8 Å². The standard InChI is InChI=1S/C12H12N2S2/c1-5-15-9-11(1)7-13-3-4-14-8-12-2-6-16-10-12/h1-2,5-10H,3-4H2/b13-7+,14-8+. The zero-order valence-corrected chi connectivity index (χ0v) is 10.4. The lowest BCUT2D eigenvalue weighted by Gasteiger charge is -1.88. The minimum atomic E-state index is 0.747. The number of rotatable bonds is 5. The quantitative estimate of drug-likeness (QED) is 0.572. The number of nitrogens with zero attached hydrogens (tertiary/aromatic N) is 2. The Balaban J connectivity index is 1.69. The van der Waals surface area contributed by atoms with E-state index >= 15 is 0 Å². The Kier molecular flexibility index (Phi) is 4.46. The SMILES string of the molecule is C(=N\CC/N=C/c1ccsc1)/c1ccsc1. The fourth-order valence-corrected chi connectivity index (χ4v) is 2.37. The van der Waals surface area contributed by atoms with Gasteiger partial charge in [-0.2, -0.15) is 22.7 Å². The average molecular weight is 248 g/mol. The first-order chi connectivity index (χ1) is 7.95. The molecule has 0 atom stereocenters. The van der Waals surface area contributed by atoms with E-state index in [0.717, 1.165) is 13.1 Å². The van der Waals surface area contributed by atoms with Crippen LogP contribution < -0.4 is 0 Å². The molecule has 2 heterocycles. The van der Waals surface area contributed by atoms with Crippen molar-refractivity contribution in [2.24, 2.45) is 9.98 Å². The van der Waals surface area contributed by atoms with Crippen LogP contribution in [0.2, 0.25) is 0 Å². The first kappa shape index (κ1) is 11.2. The van der Waals surface area contributed by atoms with E-state index in [1.807, 2.05) is 12.4 Å². The highest BCUT2D eigenvalue weighted by Crippen LogP contribution is 2.03. The van der Waals surface area contributed by atoms with Crippen molar-refractivity contribution in [2.45, 2.75) is 0 Å². The molecule has 16 heavy (non-hydrogen) atoms. The van der Waals surface area contributed by atoms with Crippen molar-refractivity contribution >= 4 is 35.1 Å². The summed E-state index contributed by atoms with van der Waals surface area (Å²) < 4.78 is 0. The summed E-state index contributed by atoms with van der Waals surface area (Å²) in [4.78, 5) is 8.61. The summed E-state index contributed by atoms with van der Waals surface area (Å²) >= 11 is 3.37. The van der Waals surface area contributed by atoms with Gasteiger partial charge in [0.15, 0.2) is 0 Å². The van der Waals surface area contributed by atoms with Crippen LogP contribution in [0, 0.1) is 0 Å². The molecule has 4 heteroatoms. The van der Waals surface area contributed by atoms with E-state index in [9.17, 15) is 0 Å². The van der Waals surface area contributed by atoms with Crippen molar-refractivity contribution in [1.82, 2.24) is 0 Å². The number of hydrogen-bond acceptors (Lipinski definition) is 4. The van der Waals surface area contributed by atoms with Gasteiger partial charge in [0, 0.05) is 23.6 Å². The molecule has 0 bridgehead atoms. The summed E-state index contributed by atoms with van der Waals surface area (Å²) in [6.07, 6.45) is 3.80. The van der Waals surface area contributed by atoms with Crippen molar-refractivity contribution < 1.29 is 0 Å². The monoisotopic (exact) mass is 248 g/mol. The molecule has 0 unspecified atom stereocenters. The summed E-state index contributed by atoms with van der Waals surface area (Å²) in [7, 11) is 0. The number of hydrogen-bond donors (Lipinski definition) is 0. The molecular formula is C12H12N2S2. The molecular weight excluding hydrogens is 236 g/mol. The van der Waals surface area contributed by atoms with E-state index in [1.165, 1.54) is 11.1 Å². The first-order valence-electron chi connectivity index (χ1n) is 4.99. The Morgan fingerprint density at radius 2 is 1.38 bits per heavy atom. The molecule has 0 amide bonds. The normalized spacial score (nSPS) is 11.8. The molecule has 0 aliphatic carbocycles. The van der Waals surface area contributed by atoms with Gasteiger partial charge in [0.1, 0.15) is 0 Å². The third kappa shape index (κ3) is 3.72. The van der Waals surface area contributed by atoms with Crippen LogP contribution in [-0.2, 0) is 0 Å². The molecule has 0 aliphatic rings. The topological polar surface area (TPSA) is 24.7 Å². The third-order valence-corrected chi connectivity index (χ3v) is 3.33. The predicted molar refractivity (Wildman–Crippen MR) is 73.6 cm³/mol. The van der Waals surface area contributed by atoms with Crippen LogP contribution in [0.1, 0.15) is 11.1 Å². The van der Waals surface area contributed by atoms with Crippen molar-refractivity contribution in [3.8, 4) is 0 Å². The average Bonchev–Trinajstić information content (AvgIpc) is 2.96. The van der Waals surface area contributed by atoms with Gasteiger partial charge in [-0.15, -0.1) is 0 Å². The predicted octanol–water partition coefficient (Wildman–Crippen LogP) is 3.35. The molecule has 2 nitrogen and oxygen atoms in total. The summed E-state index contributed by atoms with van der Waals surface area (Å²) in [5.41, 5.74) is 2.35. The Hall–Kier alpha value is -1.26. The Morgan fingerprint density at radius 3 is 1.75 bits per heavy atom. The minimum Gasteiger partial charge on any atom is -0.291 e. The van der Waals surface area contributed by atoms with Crippen LogP contribution in [0.4, 0.5) is 0 Å². The molecule has 0 radical (unpaired) electrons. The lowest BCUT2D eigenvalue weighted by molar-refractivity contribution is 0.985. The van der Waals surface area contributed by atoms with Gasteiger partial charge in [-0.25, -0.2) is 0 Å². The molecule has 82 valence electrons. The maximum absolute atomic E-state index is 4.30. The largest absolute Gasteiger partial charge is 0.291 e. The molecule has 0 N–H and O–H groups in total. The highest BCUT2D eigenvalue weighted by molar-refractivity contribution is 7.08. The maximum Gasteiger partial charge on any atom is 0.0585 e. The molecule has 2 aromatic rings. The Bertz CT molecular complexity index is 397. The Labute approximate surface area is 103 Å². The third-order valence-electron chi connectivity index (χ3n) is 1.93. The van der Waals surface area contributed by atoms with Gasteiger partial charge in [-0.3, -0.25) is 9.98 Å². The number of aliphatic imine (C=N–C) groups is 2. The smallest absolute Gasteiger partial charge is 0.0585 e. The fraction of sp³-hybridized carbons (Fsp3) is 0.167. The van der Waals surface area contributed by atoms with Gasteiger partial charge in [0.05, 0.1) is 13.1 Å². The minimum absolute atomic E-state index is 0.747. The number of thiophene rings is 2. The Morgan fingerprint density at radius 1 is 0.875 bits per heavy atom. The fourth-order valence-electron chi connectivity index (χ4n) is 1.15. The van der Waals surface area contributed by atoms with E-state index in [0.29, 0.717) is 0 Å². The first-order valence-corrected chi connectivity index (χ1v) is 6.88. The molecule has 0 aromatic carbocycles. The summed E-state index contributed by atoms with van der Waals surface area (Å²) in [6.45, 7) is 1.49. The molecule has 0 saturated carbocycles. The second-order valence-corrected chi connectivity index (χ2v) is 4.74. The molecule has 2 aromatic heterocycles. The molecule has 0 saturated heterocycles. The lowest BCUT2D eigenvalue weighted by atomic mass is 10.4. The summed E-state index contributed by atoms with van der Waals surface area (Å²) in [5, 5.41) is 8.27. The molecule has 0 spiro atoms. The van der Waals surface area contributed by atoms with Crippen molar-refractivity contribution in [1.29, 1.82) is 0 Å². The van der Waals surface area contributed by atoms with Crippen molar-refractivity contribution in [2.75, 3.05) is 13.1 Å². The van der Waals surface area contributed by atoms with Gasteiger partial charge in [-0.05, 0) is 33.7 Å². The van der Waals surface area contributed by atoms with Gasteiger partial charge < -0.3 is 0 Å². The van der Waals surface area contributed by atoms with Gasteiger partial charge >= 0.3 is 0 Å². The van der Waals surface area contributed by atoms with Crippen LogP contribution in [0.15, 0.2) is 43.6 Å².